The third kappa shape index (κ3) is 11.5. The largest absolute Gasteiger partial charge is 0.497 e. The summed E-state index contributed by atoms with van der Waals surface area (Å²) in [6, 6.07) is 84.9. The number of para-hydroxylation sites is 5. The Morgan fingerprint density at radius 1 is 0.329 bits per heavy atom. The minimum absolute atomic E-state index is 0.489. The van der Waals surface area contributed by atoms with E-state index in [0.29, 0.717) is 26.9 Å². The van der Waals surface area contributed by atoms with Gasteiger partial charge in [-0.1, -0.05) is 170 Å². The minimum atomic E-state index is 0.489. The van der Waals surface area contributed by atoms with E-state index in [2.05, 4.69) is 221 Å². The van der Waals surface area contributed by atoms with Gasteiger partial charge in [-0.3, -0.25) is 0 Å². The Kier molecular flexibility index (Phi) is 15.5. The molecular weight excluding hydrogens is 1010 g/mol. The first kappa shape index (κ1) is 52.3. The molecule has 0 amide bonds. The van der Waals surface area contributed by atoms with Crippen LogP contribution in [0.25, 0.3) is 32.7 Å². The van der Waals surface area contributed by atoms with Gasteiger partial charge in [-0.15, -0.1) is 0 Å². The molecule has 9 heteroatoms. The van der Waals surface area contributed by atoms with Crippen LogP contribution in [-0.4, -0.2) is 77.2 Å². The first-order valence-electron chi connectivity index (χ1n) is 27.5. The lowest BCUT2D eigenvalue weighted by Crippen LogP contribution is -2.21. The van der Waals surface area contributed by atoms with Gasteiger partial charge in [0.1, 0.15) is 28.7 Å². The highest BCUT2D eigenvalue weighted by molar-refractivity contribution is 5.97. The maximum absolute atomic E-state index is 6.11. The molecule has 0 saturated carbocycles. The molecule has 15 rings (SSSR count). The summed E-state index contributed by atoms with van der Waals surface area (Å²) in [6.45, 7) is 6.31. The smallest absolute Gasteiger partial charge is 0.292 e. The van der Waals surface area contributed by atoms with Crippen LogP contribution in [0, 0.1) is 13.8 Å². The van der Waals surface area contributed by atoms with Crippen LogP contribution < -0.4 is 23.7 Å². The van der Waals surface area contributed by atoms with Crippen molar-refractivity contribution in [3.8, 4) is 39.9 Å². The molecule has 0 fully saturated rings. The zero-order chi connectivity index (χ0) is 55.6. The van der Waals surface area contributed by atoms with E-state index in [4.69, 9.17) is 23.7 Å². The Bertz CT molecular complexity index is 4210. The summed E-state index contributed by atoms with van der Waals surface area (Å²) in [5, 5.41) is 4.89. The Hall–Kier alpha value is -10.4. The fraction of sp³-hybridized carbons (Fsp3) is 0.0959. The SMILES string of the molecule is C1=[N+](c2ccccc2)COc2c1ccc1ccccc21.COc1cc2c(c(-c3ccccc3)c1)OC[N+](c1ccccc1)=C2.Cc1cccc2c1OC[N+](c1cccc3ccccc13)=C2.Cc1cccc2c1OC[N+](c1ccccc1)=C2. The van der Waals surface area contributed by atoms with E-state index in [1.54, 1.807) is 7.11 Å². The molecule has 4 heterocycles. The number of hydrogen-bond acceptors (Lipinski definition) is 5. The molecule has 82 heavy (non-hydrogen) atoms. The van der Waals surface area contributed by atoms with Crippen LogP contribution in [0.4, 0.5) is 22.7 Å². The number of fused-ring (bicyclic) bond motifs is 7. The Balaban J connectivity index is 0.000000109. The molecule has 4 aliphatic heterocycles. The molecular formula is C73H62N4O5+4. The molecule has 400 valence electrons. The molecule has 11 aromatic carbocycles. The van der Waals surface area contributed by atoms with Gasteiger partial charge in [-0.25, -0.2) is 0 Å². The minimum Gasteiger partial charge on any atom is -0.497 e. The molecule has 0 unspecified atom stereocenters. The summed E-state index contributed by atoms with van der Waals surface area (Å²) >= 11 is 0. The maximum Gasteiger partial charge on any atom is 0.292 e. The summed E-state index contributed by atoms with van der Waals surface area (Å²) in [5.74, 6) is 4.69. The number of hydrogen-bond donors (Lipinski definition) is 0. The highest BCUT2D eigenvalue weighted by Crippen LogP contribution is 2.39. The van der Waals surface area contributed by atoms with Crippen LogP contribution >= 0.6 is 0 Å². The molecule has 11 aromatic rings. The van der Waals surface area contributed by atoms with E-state index in [1.165, 1.54) is 38.4 Å². The summed E-state index contributed by atoms with van der Waals surface area (Å²) in [7, 11) is 1.69. The van der Waals surface area contributed by atoms with Crippen LogP contribution in [0.3, 0.4) is 0 Å². The molecule has 0 N–H and O–H groups in total. The standard InChI is InChI=1S/C21H18NO2.C19H16NO.C18H14NO.C15H14NO/c1-23-19-12-17-14-22(18-10-6-3-7-11-18)15-24-21(17)20(13-19)16-8-4-2-5-9-16;1-14-6-4-9-16-12-20(13-21-19(14)16)18-11-5-8-15-7-2-3-10-17(15)18;1-2-7-16(8-3-1)19-12-15-11-10-14-6-4-5-9-17(14)18(15)20-13-19;1-12-6-5-7-13-10-16(11-17-15(12)13)14-8-3-2-4-9-14/h2-14H,15H2,1H3;2-12H,13H2,1H3;1-12H,13H2;2-10H,11H2,1H3/q4*+1. The van der Waals surface area contributed by atoms with Crippen LogP contribution in [-0.2, 0) is 0 Å². The zero-order valence-corrected chi connectivity index (χ0v) is 46.1. The van der Waals surface area contributed by atoms with Gasteiger partial charge in [0.05, 0.1) is 34.7 Å². The molecule has 0 radical (unpaired) electrons. The molecule has 0 aromatic heterocycles. The van der Waals surface area contributed by atoms with Crippen molar-refractivity contribution >= 4 is 69.2 Å². The quantitative estimate of drug-likeness (QED) is 0.155. The van der Waals surface area contributed by atoms with E-state index >= 15 is 0 Å². The lowest BCUT2D eigenvalue weighted by Gasteiger charge is -2.18. The van der Waals surface area contributed by atoms with E-state index in [-0.39, 0.29) is 0 Å². The predicted molar refractivity (Wildman–Crippen MR) is 330 cm³/mol. The van der Waals surface area contributed by atoms with Crippen molar-refractivity contribution in [2.75, 3.05) is 34.0 Å². The van der Waals surface area contributed by atoms with Gasteiger partial charge in [0.2, 0.25) is 22.7 Å². The summed E-state index contributed by atoms with van der Waals surface area (Å²) in [4.78, 5) is 0. The van der Waals surface area contributed by atoms with E-state index in [9.17, 15) is 0 Å². The third-order valence-electron chi connectivity index (χ3n) is 14.7. The Morgan fingerprint density at radius 2 is 0.744 bits per heavy atom. The van der Waals surface area contributed by atoms with Gasteiger partial charge in [0, 0.05) is 53.4 Å². The van der Waals surface area contributed by atoms with Gasteiger partial charge in [-0.2, -0.15) is 18.3 Å². The highest BCUT2D eigenvalue weighted by atomic mass is 16.5. The molecule has 0 bridgehead atoms. The van der Waals surface area contributed by atoms with Crippen LogP contribution in [0.5, 0.6) is 28.7 Å². The van der Waals surface area contributed by atoms with Crippen molar-refractivity contribution in [2.24, 2.45) is 0 Å². The van der Waals surface area contributed by atoms with Gasteiger partial charge in [0.15, 0.2) is 24.9 Å². The van der Waals surface area contributed by atoms with Gasteiger partial charge in [0.25, 0.3) is 26.9 Å². The maximum atomic E-state index is 6.11. The van der Waals surface area contributed by atoms with Crippen LogP contribution in [0.1, 0.15) is 33.4 Å². The second-order valence-corrected chi connectivity index (χ2v) is 20.1. The summed E-state index contributed by atoms with van der Waals surface area (Å²) in [5.41, 5.74) is 13.5. The fourth-order valence-corrected chi connectivity index (χ4v) is 10.6. The van der Waals surface area contributed by atoms with Gasteiger partial charge in [-0.05, 0) is 77.7 Å². The van der Waals surface area contributed by atoms with Crippen molar-refractivity contribution < 1.29 is 42.0 Å². The number of benzene rings is 11. The van der Waals surface area contributed by atoms with Crippen molar-refractivity contribution in [1.29, 1.82) is 0 Å². The average Bonchev–Trinajstić information content (AvgIpc) is 3.65. The van der Waals surface area contributed by atoms with Gasteiger partial charge < -0.3 is 23.7 Å². The number of rotatable bonds is 6. The van der Waals surface area contributed by atoms with E-state index in [0.717, 1.165) is 79.2 Å². The van der Waals surface area contributed by atoms with Crippen molar-refractivity contribution in [2.45, 2.75) is 13.8 Å². The number of nitrogens with zero attached hydrogens (tertiary/aromatic N) is 4. The topological polar surface area (TPSA) is 58.2 Å². The van der Waals surface area contributed by atoms with E-state index < -0.39 is 0 Å². The van der Waals surface area contributed by atoms with Crippen LogP contribution in [0.2, 0.25) is 0 Å². The normalized spacial score (nSPS) is 13.3. The summed E-state index contributed by atoms with van der Waals surface area (Å²) in [6.07, 6.45) is 8.58. The number of methoxy groups -OCH3 is 1. The van der Waals surface area contributed by atoms with E-state index in [1.807, 2.05) is 84.9 Å². The zero-order valence-electron chi connectivity index (χ0n) is 46.1. The first-order valence-corrected chi connectivity index (χ1v) is 27.5. The summed E-state index contributed by atoms with van der Waals surface area (Å²) < 4.78 is 37.9. The Morgan fingerprint density at radius 3 is 1.30 bits per heavy atom. The van der Waals surface area contributed by atoms with Crippen molar-refractivity contribution in [3.05, 3.63) is 282 Å². The van der Waals surface area contributed by atoms with Crippen molar-refractivity contribution in [1.82, 2.24) is 0 Å². The highest BCUT2D eigenvalue weighted by Gasteiger charge is 2.26. The monoisotopic (exact) mass is 1070 g/mol. The molecule has 0 aliphatic carbocycles. The molecule has 9 nitrogen and oxygen atoms in total. The van der Waals surface area contributed by atoms with Gasteiger partial charge >= 0.3 is 0 Å². The molecule has 0 atom stereocenters. The first-order chi connectivity index (χ1) is 40.4. The van der Waals surface area contributed by atoms with Crippen molar-refractivity contribution in [3.63, 3.8) is 0 Å². The second kappa shape index (κ2) is 24.3. The molecule has 0 saturated heterocycles. The lowest BCUT2D eigenvalue weighted by molar-refractivity contribution is -0.476. The molecule has 0 spiro atoms. The lowest BCUT2D eigenvalue weighted by atomic mass is 10.0. The number of aryl methyl sites for hydroxylation is 2. The fourth-order valence-electron chi connectivity index (χ4n) is 10.6. The average molecular weight is 1080 g/mol. The third-order valence-corrected chi connectivity index (χ3v) is 14.7. The predicted octanol–water partition coefficient (Wildman–Crippen LogP) is 15.8. The molecule has 4 aliphatic rings. The number of ether oxygens (including phenoxy) is 5. The van der Waals surface area contributed by atoms with Crippen LogP contribution in [0.15, 0.2) is 249 Å². The Labute approximate surface area is 478 Å². The second-order valence-electron chi connectivity index (χ2n) is 20.1.